The lowest BCUT2D eigenvalue weighted by molar-refractivity contribution is 0.609. The molecule has 1 atom stereocenters. The summed E-state index contributed by atoms with van der Waals surface area (Å²) in [5, 5.41) is 8.96. The van der Waals surface area contributed by atoms with Crippen LogP contribution in [0.15, 0.2) is 65.4 Å². The summed E-state index contributed by atoms with van der Waals surface area (Å²) in [6.07, 6.45) is 5.43. The van der Waals surface area contributed by atoms with Gasteiger partial charge >= 0.3 is 0 Å². The topological polar surface area (TPSA) is 24.1 Å². The number of rotatable bonds is 2. The van der Waals surface area contributed by atoms with Gasteiger partial charge in [0.1, 0.15) is 0 Å². The fraction of sp³-hybridized carbons (Fsp3) is 0.190. The van der Waals surface area contributed by atoms with Crippen molar-refractivity contribution in [1.29, 1.82) is 0 Å². The minimum absolute atomic E-state index is 0.0879. The maximum absolute atomic E-state index is 6.05. The molecule has 2 nitrogen and oxygen atoms in total. The fourth-order valence-corrected chi connectivity index (χ4v) is 4.06. The van der Waals surface area contributed by atoms with E-state index in [1.807, 2.05) is 36.4 Å². The second kappa shape index (κ2) is 7.43. The quantitative estimate of drug-likeness (QED) is 0.601. The molecular formula is C21H18Cl2N2S. The van der Waals surface area contributed by atoms with Gasteiger partial charge in [0.2, 0.25) is 0 Å². The molecule has 132 valence electrons. The van der Waals surface area contributed by atoms with Crippen molar-refractivity contribution in [1.82, 2.24) is 10.6 Å². The number of hydrogen-bond donors (Lipinski definition) is 2. The van der Waals surface area contributed by atoms with Gasteiger partial charge in [0.15, 0.2) is 5.11 Å². The van der Waals surface area contributed by atoms with E-state index >= 15 is 0 Å². The summed E-state index contributed by atoms with van der Waals surface area (Å²) >= 11 is 17.5. The van der Waals surface area contributed by atoms with E-state index in [-0.39, 0.29) is 6.04 Å². The van der Waals surface area contributed by atoms with Gasteiger partial charge in [-0.3, -0.25) is 0 Å². The van der Waals surface area contributed by atoms with Crippen LogP contribution in [0.25, 0.3) is 6.08 Å². The zero-order chi connectivity index (χ0) is 18.1. The Balaban J connectivity index is 1.75. The van der Waals surface area contributed by atoms with E-state index in [0.29, 0.717) is 5.11 Å². The lowest BCUT2D eigenvalue weighted by Crippen LogP contribution is -2.45. The van der Waals surface area contributed by atoms with Gasteiger partial charge < -0.3 is 10.6 Å². The smallest absolute Gasteiger partial charge is 0.171 e. The molecule has 0 aromatic heterocycles. The molecule has 4 rings (SSSR count). The van der Waals surface area contributed by atoms with Crippen molar-refractivity contribution in [2.75, 3.05) is 0 Å². The Morgan fingerprint density at radius 2 is 1.58 bits per heavy atom. The lowest BCUT2D eigenvalue weighted by atomic mass is 9.83. The molecule has 2 aromatic rings. The summed E-state index contributed by atoms with van der Waals surface area (Å²) in [5.74, 6) is 0. The molecule has 1 aliphatic heterocycles. The van der Waals surface area contributed by atoms with Crippen molar-refractivity contribution in [3.8, 4) is 0 Å². The maximum atomic E-state index is 6.05. The molecule has 0 amide bonds. The minimum Gasteiger partial charge on any atom is -0.352 e. The molecule has 1 heterocycles. The number of benzene rings is 2. The van der Waals surface area contributed by atoms with Crippen LogP contribution in [0.5, 0.6) is 0 Å². The van der Waals surface area contributed by atoms with Gasteiger partial charge in [0, 0.05) is 15.7 Å². The molecule has 1 aliphatic carbocycles. The first kappa shape index (κ1) is 17.6. The Morgan fingerprint density at radius 1 is 0.923 bits per heavy atom. The van der Waals surface area contributed by atoms with Crippen LogP contribution in [0, 0.1) is 0 Å². The van der Waals surface area contributed by atoms with E-state index in [1.165, 1.54) is 16.7 Å². The number of hydrogen-bond acceptors (Lipinski definition) is 1. The van der Waals surface area contributed by atoms with Crippen LogP contribution in [0.3, 0.4) is 0 Å². The predicted molar refractivity (Wildman–Crippen MR) is 113 cm³/mol. The minimum atomic E-state index is 0.0879. The van der Waals surface area contributed by atoms with Gasteiger partial charge in [0.05, 0.1) is 6.04 Å². The predicted octanol–water partition coefficient (Wildman–Crippen LogP) is 6.03. The van der Waals surface area contributed by atoms with Crippen LogP contribution in [-0.4, -0.2) is 5.11 Å². The summed E-state index contributed by atoms with van der Waals surface area (Å²) in [6, 6.07) is 16.0. The van der Waals surface area contributed by atoms with E-state index in [2.05, 4.69) is 28.8 Å². The molecule has 0 bridgehead atoms. The molecule has 0 saturated carbocycles. The van der Waals surface area contributed by atoms with Gasteiger partial charge in [-0.15, -0.1) is 0 Å². The average Bonchev–Trinajstić information content (AvgIpc) is 2.64. The first-order valence-corrected chi connectivity index (χ1v) is 9.79. The highest BCUT2D eigenvalue weighted by molar-refractivity contribution is 7.80. The summed E-state index contributed by atoms with van der Waals surface area (Å²) < 4.78 is 0. The third-order valence-corrected chi connectivity index (χ3v) is 5.53. The second-order valence-corrected chi connectivity index (χ2v) is 7.84. The van der Waals surface area contributed by atoms with Gasteiger partial charge in [-0.1, -0.05) is 47.5 Å². The van der Waals surface area contributed by atoms with Crippen molar-refractivity contribution in [3.63, 3.8) is 0 Å². The molecule has 26 heavy (non-hydrogen) atoms. The zero-order valence-corrected chi connectivity index (χ0v) is 16.4. The summed E-state index contributed by atoms with van der Waals surface area (Å²) in [5.41, 5.74) is 6.13. The third-order valence-electron chi connectivity index (χ3n) is 4.81. The van der Waals surface area contributed by atoms with Crippen LogP contribution >= 0.6 is 35.4 Å². The molecule has 0 spiro atoms. The Hall–Kier alpha value is -1.81. The van der Waals surface area contributed by atoms with Crippen LogP contribution in [0.1, 0.15) is 36.4 Å². The normalized spacial score (nSPS) is 21.2. The number of nitrogens with one attached hydrogen (secondary N) is 2. The fourth-order valence-electron chi connectivity index (χ4n) is 3.59. The standard InChI is InChI=1S/C21H18Cl2N2S/c22-16-8-4-13(5-9-16)12-15-2-1-3-18-19(24-21(26)25-20(15)18)14-6-10-17(23)11-7-14/h4-12,19H,1-3H2,(H2,24,25,26)/b15-12+/t19-/m0/s1. The molecule has 5 heteroatoms. The highest BCUT2D eigenvalue weighted by Gasteiger charge is 2.30. The highest BCUT2D eigenvalue weighted by Crippen LogP contribution is 2.38. The summed E-state index contributed by atoms with van der Waals surface area (Å²) in [4.78, 5) is 0. The van der Waals surface area contributed by atoms with E-state index in [9.17, 15) is 0 Å². The molecule has 2 N–H and O–H groups in total. The second-order valence-electron chi connectivity index (χ2n) is 6.56. The van der Waals surface area contributed by atoms with E-state index < -0.39 is 0 Å². The maximum Gasteiger partial charge on any atom is 0.171 e. The number of halogens is 2. The average molecular weight is 401 g/mol. The summed E-state index contributed by atoms with van der Waals surface area (Å²) in [7, 11) is 0. The highest BCUT2D eigenvalue weighted by atomic mass is 35.5. The Bertz CT molecular complexity index is 899. The van der Waals surface area contributed by atoms with E-state index in [1.54, 1.807) is 0 Å². The van der Waals surface area contributed by atoms with Crippen molar-refractivity contribution in [3.05, 3.63) is 86.5 Å². The van der Waals surface area contributed by atoms with E-state index in [4.69, 9.17) is 35.4 Å². The van der Waals surface area contributed by atoms with Crippen molar-refractivity contribution in [2.24, 2.45) is 0 Å². The van der Waals surface area contributed by atoms with Crippen LogP contribution < -0.4 is 10.6 Å². The van der Waals surface area contributed by atoms with Crippen molar-refractivity contribution < 1.29 is 0 Å². The largest absolute Gasteiger partial charge is 0.352 e. The Morgan fingerprint density at radius 3 is 2.27 bits per heavy atom. The molecule has 0 saturated heterocycles. The first-order valence-electron chi connectivity index (χ1n) is 8.63. The molecule has 0 fully saturated rings. The molecule has 0 unspecified atom stereocenters. The zero-order valence-electron chi connectivity index (χ0n) is 14.1. The summed E-state index contributed by atoms with van der Waals surface area (Å²) in [6.45, 7) is 0. The number of allylic oxidation sites excluding steroid dienone is 1. The van der Waals surface area contributed by atoms with Crippen molar-refractivity contribution in [2.45, 2.75) is 25.3 Å². The van der Waals surface area contributed by atoms with Gasteiger partial charge in [-0.05, 0) is 84.1 Å². The van der Waals surface area contributed by atoms with Crippen LogP contribution in [0.2, 0.25) is 10.0 Å². The van der Waals surface area contributed by atoms with Gasteiger partial charge in [-0.25, -0.2) is 0 Å². The van der Waals surface area contributed by atoms with E-state index in [0.717, 1.165) is 40.6 Å². The molecular weight excluding hydrogens is 383 g/mol. The third kappa shape index (κ3) is 3.66. The Kier molecular flexibility index (Phi) is 5.03. The Labute approximate surface area is 168 Å². The van der Waals surface area contributed by atoms with Gasteiger partial charge in [0.25, 0.3) is 0 Å². The molecule has 2 aromatic carbocycles. The van der Waals surface area contributed by atoms with Crippen molar-refractivity contribution >= 4 is 46.6 Å². The van der Waals surface area contributed by atoms with Crippen LogP contribution in [-0.2, 0) is 0 Å². The molecule has 0 radical (unpaired) electrons. The monoisotopic (exact) mass is 400 g/mol. The van der Waals surface area contributed by atoms with Gasteiger partial charge in [-0.2, -0.15) is 0 Å². The molecule has 2 aliphatic rings. The number of thiocarbonyl (C=S) groups is 1. The first-order chi connectivity index (χ1) is 12.6. The SMILES string of the molecule is S=C1NC2=C(CCC/C2=C\c2ccc(Cl)cc2)[C@H](c2ccc(Cl)cc2)N1. The lowest BCUT2D eigenvalue weighted by Gasteiger charge is -2.36. The van der Waals surface area contributed by atoms with Crippen LogP contribution in [0.4, 0.5) is 0 Å².